The van der Waals surface area contributed by atoms with Crippen LogP contribution in [0, 0.1) is 11.6 Å². The Morgan fingerprint density at radius 3 is 1.85 bits per heavy atom. The Balaban J connectivity index is 2.05. The third-order valence-corrected chi connectivity index (χ3v) is 3.02. The van der Waals surface area contributed by atoms with Crippen molar-refractivity contribution in [2.75, 3.05) is 19.0 Å². The molecule has 20 heavy (non-hydrogen) atoms. The molecule has 0 aliphatic carbocycles. The summed E-state index contributed by atoms with van der Waals surface area (Å²) in [6.07, 6.45) is 0. The van der Waals surface area contributed by atoms with Crippen LogP contribution in [0.1, 0.15) is 0 Å². The average molecular weight is 274 g/mol. The van der Waals surface area contributed by atoms with Crippen LogP contribution in [0.4, 0.5) is 14.5 Å². The van der Waals surface area contributed by atoms with E-state index in [1.807, 2.05) is 43.3 Å². The predicted octanol–water partition coefficient (Wildman–Crippen LogP) is 2.76. The SMILES string of the molecule is CN(C)c1ccc(-n2nc3cc(F)c(F)cc3n2)cc1. The molecule has 0 aliphatic rings. The van der Waals surface area contributed by atoms with Crippen LogP contribution in [0.3, 0.4) is 0 Å². The normalized spacial score (nSPS) is 11.0. The molecule has 0 fully saturated rings. The minimum absolute atomic E-state index is 0.320. The molecular formula is C14H12F2N4. The van der Waals surface area contributed by atoms with Crippen molar-refractivity contribution in [3.63, 3.8) is 0 Å². The maximum absolute atomic E-state index is 13.1. The summed E-state index contributed by atoms with van der Waals surface area (Å²) >= 11 is 0. The van der Waals surface area contributed by atoms with Gasteiger partial charge in [0.05, 0.1) is 5.69 Å². The van der Waals surface area contributed by atoms with Crippen LogP contribution in [0.2, 0.25) is 0 Å². The molecule has 3 aromatic rings. The molecule has 6 heteroatoms. The van der Waals surface area contributed by atoms with E-state index < -0.39 is 11.6 Å². The summed E-state index contributed by atoms with van der Waals surface area (Å²) < 4.78 is 26.3. The predicted molar refractivity (Wildman–Crippen MR) is 73.1 cm³/mol. The van der Waals surface area contributed by atoms with Crippen molar-refractivity contribution in [2.24, 2.45) is 0 Å². The zero-order chi connectivity index (χ0) is 14.3. The molecule has 102 valence electrons. The number of anilines is 1. The molecule has 0 spiro atoms. The van der Waals surface area contributed by atoms with E-state index >= 15 is 0 Å². The van der Waals surface area contributed by atoms with Gasteiger partial charge in [0.1, 0.15) is 11.0 Å². The van der Waals surface area contributed by atoms with Crippen molar-refractivity contribution in [1.29, 1.82) is 0 Å². The van der Waals surface area contributed by atoms with Gasteiger partial charge in [-0.3, -0.25) is 0 Å². The molecule has 1 heterocycles. The highest BCUT2D eigenvalue weighted by atomic mass is 19.2. The van der Waals surface area contributed by atoms with Crippen molar-refractivity contribution in [2.45, 2.75) is 0 Å². The smallest absolute Gasteiger partial charge is 0.161 e. The van der Waals surface area contributed by atoms with Crippen molar-refractivity contribution >= 4 is 16.7 Å². The summed E-state index contributed by atoms with van der Waals surface area (Å²) in [6, 6.07) is 9.63. The number of aromatic nitrogens is 3. The molecule has 0 unspecified atom stereocenters. The molecule has 0 bridgehead atoms. The number of benzene rings is 2. The van der Waals surface area contributed by atoms with E-state index in [2.05, 4.69) is 10.2 Å². The minimum Gasteiger partial charge on any atom is -0.378 e. The second-order valence-corrected chi connectivity index (χ2v) is 4.66. The van der Waals surface area contributed by atoms with E-state index in [4.69, 9.17) is 0 Å². The third-order valence-electron chi connectivity index (χ3n) is 3.02. The fourth-order valence-electron chi connectivity index (χ4n) is 1.91. The zero-order valence-corrected chi connectivity index (χ0v) is 11.0. The molecular weight excluding hydrogens is 262 g/mol. The Hall–Kier alpha value is -2.50. The maximum Gasteiger partial charge on any atom is 0.161 e. The minimum atomic E-state index is -0.924. The highest BCUT2D eigenvalue weighted by Crippen LogP contribution is 2.18. The van der Waals surface area contributed by atoms with Crippen LogP contribution < -0.4 is 4.90 Å². The topological polar surface area (TPSA) is 34.0 Å². The van der Waals surface area contributed by atoms with Gasteiger partial charge in [0.15, 0.2) is 11.6 Å². The quantitative estimate of drug-likeness (QED) is 0.720. The Kier molecular flexibility index (Phi) is 2.85. The monoisotopic (exact) mass is 274 g/mol. The summed E-state index contributed by atoms with van der Waals surface area (Å²) in [5.74, 6) is -1.85. The molecule has 0 atom stereocenters. The number of fused-ring (bicyclic) bond motifs is 1. The van der Waals surface area contributed by atoms with E-state index in [0.29, 0.717) is 11.0 Å². The highest BCUT2D eigenvalue weighted by Gasteiger charge is 2.10. The Labute approximate surface area is 114 Å². The molecule has 0 saturated heterocycles. The second kappa shape index (κ2) is 4.56. The van der Waals surface area contributed by atoms with Gasteiger partial charge in [0.25, 0.3) is 0 Å². The van der Waals surface area contributed by atoms with E-state index in [9.17, 15) is 8.78 Å². The van der Waals surface area contributed by atoms with Gasteiger partial charge in [-0.1, -0.05) is 0 Å². The molecule has 4 nitrogen and oxygen atoms in total. The summed E-state index contributed by atoms with van der Waals surface area (Å²) in [5, 5.41) is 8.29. The number of hydrogen-bond acceptors (Lipinski definition) is 3. The van der Waals surface area contributed by atoms with E-state index in [-0.39, 0.29) is 0 Å². The van der Waals surface area contributed by atoms with Crippen molar-refractivity contribution in [1.82, 2.24) is 15.0 Å². The zero-order valence-electron chi connectivity index (χ0n) is 11.0. The number of hydrogen-bond donors (Lipinski definition) is 0. The molecule has 0 radical (unpaired) electrons. The molecule has 3 rings (SSSR count). The summed E-state index contributed by atoms with van der Waals surface area (Å²) in [4.78, 5) is 3.34. The molecule has 2 aromatic carbocycles. The lowest BCUT2D eigenvalue weighted by atomic mass is 10.3. The first-order valence-corrected chi connectivity index (χ1v) is 6.04. The molecule has 0 N–H and O–H groups in total. The second-order valence-electron chi connectivity index (χ2n) is 4.66. The first-order chi connectivity index (χ1) is 9.54. The van der Waals surface area contributed by atoms with Crippen LogP contribution in [-0.2, 0) is 0 Å². The van der Waals surface area contributed by atoms with E-state index in [1.165, 1.54) is 4.80 Å². The number of halogens is 2. The van der Waals surface area contributed by atoms with Crippen molar-refractivity contribution in [3.05, 3.63) is 48.0 Å². The van der Waals surface area contributed by atoms with Crippen molar-refractivity contribution in [3.8, 4) is 5.69 Å². The van der Waals surface area contributed by atoms with Gasteiger partial charge in [-0.25, -0.2) is 8.78 Å². The van der Waals surface area contributed by atoms with Crippen molar-refractivity contribution < 1.29 is 8.78 Å². The molecule has 0 amide bonds. The Morgan fingerprint density at radius 1 is 0.900 bits per heavy atom. The largest absolute Gasteiger partial charge is 0.378 e. The Bertz CT molecular complexity index is 724. The van der Waals surface area contributed by atoms with Gasteiger partial charge in [0.2, 0.25) is 0 Å². The third kappa shape index (κ3) is 2.09. The van der Waals surface area contributed by atoms with Gasteiger partial charge in [-0.2, -0.15) is 4.80 Å². The fraction of sp³-hybridized carbons (Fsp3) is 0.143. The number of nitrogens with zero attached hydrogens (tertiary/aromatic N) is 4. The van der Waals surface area contributed by atoms with Crippen LogP contribution in [0.25, 0.3) is 16.7 Å². The lowest BCUT2D eigenvalue weighted by Crippen LogP contribution is -2.08. The maximum atomic E-state index is 13.1. The van der Waals surface area contributed by atoms with Gasteiger partial charge < -0.3 is 4.90 Å². The standard InChI is InChI=1S/C14H12F2N4/c1-19(2)9-3-5-10(6-4-9)20-17-13-7-11(15)12(16)8-14(13)18-20/h3-8H,1-2H3. The number of rotatable bonds is 2. The van der Waals surface area contributed by atoms with E-state index in [1.54, 1.807) is 0 Å². The molecule has 1 aromatic heterocycles. The molecule has 0 aliphatic heterocycles. The van der Waals surface area contributed by atoms with Crippen LogP contribution in [-0.4, -0.2) is 29.1 Å². The van der Waals surface area contributed by atoms with Gasteiger partial charge in [0, 0.05) is 31.9 Å². The van der Waals surface area contributed by atoms with Gasteiger partial charge in [-0.15, -0.1) is 10.2 Å². The van der Waals surface area contributed by atoms with Crippen LogP contribution in [0.5, 0.6) is 0 Å². The highest BCUT2D eigenvalue weighted by molar-refractivity contribution is 5.74. The Morgan fingerprint density at radius 2 is 1.40 bits per heavy atom. The first-order valence-electron chi connectivity index (χ1n) is 6.04. The van der Waals surface area contributed by atoms with Gasteiger partial charge >= 0.3 is 0 Å². The lowest BCUT2D eigenvalue weighted by molar-refractivity contribution is 0.510. The molecule has 0 saturated carbocycles. The summed E-state index contributed by atoms with van der Waals surface area (Å²) in [6.45, 7) is 0. The fourth-order valence-corrected chi connectivity index (χ4v) is 1.91. The summed E-state index contributed by atoms with van der Waals surface area (Å²) in [7, 11) is 3.89. The lowest BCUT2D eigenvalue weighted by Gasteiger charge is -2.12. The van der Waals surface area contributed by atoms with Crippen LogP contribution in [0.15, 0.2) is 36.4 Å². The summed E-state index contributed by atoms with van der Waals surface area (Å²) in [5.41, 5.74) is 2.41. The average Bonchev–Trinajstić information content (AvgIpc) is 2.82. The first kappa shape index (κ1) is 12.5. The van der Waals surface area contributed by atoms with E-state index in [0.717, 1.165) is 23.5 Å². The van der Waals surface area contributed by atoms with Gasteiger partial charge in [-0.05, 0) is 24.3 Å². The van der Waals surface area contributed by atoms with Crippen LogP contribution >= 0.6 is 0 Å².